The van der Waals surface area contributed by atoms with Gasteiger partial charge in [0.15, 0.2) is 0 Å². The second-order valence-corrected chi connectivity index (χ2v) is 4.27. The molecule has 0 saturated carbocycles. The van der Waals surface area contributed by atoms with E-state index in [-0.39, 0.29) is 11.8 Å². The summed E-state index contributed by atoms with van der Waals surface area (Å²) in [5.41, 5.74) is 1.39. The number of rotatable bonds is 8. The summed E-state index contributed by atoms with van der Waals surface area (Å²) in [7, 11) is 0. The Bertz CT molecular complexity index is 311. The first-order valence-corrected chi connectivity index (χ1v) is 6.62. The van der Waals surface area contributed by atoms with E-state index in [1.165, 1.54) is 18.4 Å². The molecule has 0 aliphatic heterocycles. The third-order valence-corrected chi connectivity index (χ3v) is 2.79. The molecule has 0 spiro atoms. The van der Waals surface area contributed by atoms with Gasteiger partial charge in [-0.15, -0.1) is 11.6 Å². The third kappa shape index (κ3) is 7.01. The molecule has 0 aliphatic rings. The van der Waals surface area contributed by atoms with Gasteiger partial charge >= 0.3 is 5.97 Å². The lowest BCUT2D eigenvalue weighted by Gasteiger charge is -2.03. The second kappa shape index (κ2) is 9.06. The van der Waals surface area contributed by atoms with E-state index < -0.39 is 0 Å². The number of hydrogen-bond donors (Lipinski definition) is 0. The number of esters is 1. The highest BCUT2D eigenvalue weighted by Gasteiger charge is 1.98. The zero-order chi connectivity index (χ0) is 12.3. The van der Waals surface area contributed by atoms with Gasteiger partial charge in [-0.05, 0) is 24.8 Å². The molecule has 0 radical (unpaired) electrons. The highest BCUT2D eigenvalue weighted by Crippen LogP contribution is 2.07. The monoisotopic (exact) mass is 254 g/mol. The van der Waals surface area contributed by atoms with Crippen LogP contribution in [0.25, 0.3) is 0 Å². The third-order valence-electron chi connectivity index (χ3n) is 2.57. The summed E-state index contributed by atoms with van der Waals surface area (Å²) in [4.78, 5) is 10.7. The van der Waals surface area contributed by atoms with Crippen molar-refractivity contribution in [2.75, 3.05) is 12.5 Å². The molecule has 1 aromatic rings. The van der Waals surface area contributed by atoms with Crippen molar-refractivity contribution in [3.05, 3.63) is 35.9 Å². The van der Waals surface area contributed by atoms with Gasteiger partial charge in [-0.1, -0.05) is 43.2 Å². The first-order valence-electron chi connectivity index (χ1n) is 6.08. The molecule has 1 rings (SSSR count). The van der Waals surface area contributed by atoms with Crippen LogP contribution in [0.1, 0.15) is 31.2 Å². The van der Waals surface area contributed by atoms with Gasteiger partial charge in [0, 0.05) is 0 Å². The van der Waals surface area contributed by atoms with Crippen LogP contribution >= 0.6 is 11.6 Å². The summed E-state index contributed by atoms with van der Waals surface area (Å²) in [6.45, 7) is 0.497. The number of carbonyl (C=O) groups excluding carboxylic acids is 1. The minimum Gasteiger partial charge on any atom is -0.465 e. The predicted octanol–water partition coefficient (Wildman–Crippen LogP) is 3.57. The summed E-state index contributed by atoms with van der Waals surface area (Å²) in [6.07, 6.45) is 5.52. The number of benzene rings is 1. The molecular weight excluding hydrogens is 236 g/mol. The summed E-state index contributed by atoms with van der Waals surface area (Å²) in [5.74, 6) is -0.371. The van der Waals surface area contributed by atoms with Gasteiger partial charge in [0.1, 0.15) is 5.88 Å². The summed E-state index contributed by atoms with van der Waals surface area (Å²) < 4.78 is 4.89. The smallest absolute Gasteiger partial charge is 0.320 e. The van der Waals surface area contributed by atoms with Crippen LogP contribution in [-0.4, -0.2) is 18.5 Å². The van der Waals surface area contributed by atoms with Crippen molar-refractivity contribution in [1.29, 1.82) is 0 Å². The molecule has 0 fully saturated rings. The Morgan fingerprint density at radius 1 is 1.06 bits per heavy atom. The fourth-order valence-corrected chi connectivity index (χ4v) is 1.73. The van der Waals surface area contributed by atoms with Crippen LogP contribution < -0.4 is 0 Å². The maximum atomic E-state index is 10.7. The molecule has 0 bridgehead atoms. The molecule has 0 amide bonds. The van der Waals surface area contributed by atoms with E-state index in [4.69, 9.17) is 16.3 Å². The fourth-order valence-electron chi connectivity index (χ4n) is 1.65. The molecule has 0 unspecified atom stereocenters. The average molecular weight is 255 g/mol. The molecule has 2 nitrogen and oxygen atoms in total. The van der Waals surface area contributed by atoms with Crippen molar-refractivity contribution < 1.29 is 9.53 Å². The molecule has 3 heteroatoms. The Hall–Kier alpha value is -1.02. The molecule has 0 aliphatic carbocycles. The zero-order valence-corrected chi connectivity index (χ0v) is 10.8. The van der Waals surface area contributed by atoms with E-state index in [9.17, 15) is 4.79 Å². The van der Waals surface area contributed by atoms with Gasteiger partial charge in [-0.2, -0.15) is 0 Å². The van der Waals surface area contributed by atoms with Gasteiger partial charge in [0.2, 0.25) is 0 Å². The molecule has 0 heterocycles. The summed E-state index contributed by atoms with van der Waals surface area (Å²) in [5, 5.41) is 0. The van der Waals surface area contributed by atoms with Crippen molar-refractivity contribution >= 4 is 17.6 Å². The van der Waals surface area contributed by atoms with Crippen LogP contribution in [0.2, 0.25) is 0 Å². The van der Waals surface area contributed by atoms with E-state index in [1.54, 1.807) is 0 Å². The van der Waals surface area contributed by atoms with Gasteiger partial charge < -0.3 is 4.74 Å². The number of ether oxygens (including phenoxy) is 1. The standard InChI is InChI=1S/C14H19ClO2/c15-12-14(16)17-11-7-2-1-4-8-13-9-5-3-6-10-13/h3,5-6,9-10H,1-2,4,7-8,11-12H2. The van der Waals surface area contributed by atoms with Crippen molar-refractivity contribution in [2.45, 2.75) is 32.1 Å². The van der Waals surface area contributed by atoms with Crippen molar-refractivity contribution in [2.24, 2.45) is 0 Å². The maximum absolute atomic E-state index is 10.7. The topological polar surface area (TPSA) is 26.3 Å². The first-order chi connectivity index (χ1) is 8.33. The lowest BCUT2D eigenvalue weighted by Crippen LogP contribution is -2.06. The minimum absolute atomic E-state index is 0.0476. The van der Waals surface area contributed by atoms with Crippen molar-refractivity contribution in [3.63, 3.8) is 0 Å². The minimum atomic E-state index is -0.323. The average Bonchev–Trinajstić information content (AvgIpc) is 2.38. The van der Waals surface area contributed by atoms with Crippen molar-refractivity contribution in [1.82, 2.24) is 0 Å². The van der Waals surface area contributed by atoms with Gasteiger partial charge in [0.25, 0.3) is 0 Å². The lowest BCUT2D eigenvalue weighted by atomic mass is 10.1. The molecule has 94 valence electrons. The Labute approximate surface area is 108 Å². The largest absolute Gasteiger partial charge is 0.465 e. The SMILES string of the molecule is O=C(CCl)OCCCCCCc1ccccc1. The van der Waals surface area contributed by atoms with Gasteiger partial charge in [0.05, 0.1) is 6.61 Å². The molecule has 17 heavy (non-hydrogen) atoms. The van der Waals surface area contributed by atoms with Crippen molar-refractivity contribution in [3.8, 4) is 0 Å². The number of halogens is 1. The number of hydrogen-bond acceptors (Lipinski definition) is 2. The Morgan fingerprint density at radius 3 is 2.47 bits per heavy atom. The summed E-state index contributed by atoms with van der Waals surface area (Å²) >= 11 is 5.31. The quantitative estimate of drug-likeness (QED) is 0.403. The van der Waals surface area contributed by atoms with Gasteiger partial charge in [-0.25, -0.2) is 0 Å². The number of alkyl halides is 1. The molecule has 0 atom stereocenters. The highest BCUT2D eigenvalue weighted by molar-refractivity contribution is 6.26. The van der Waals surface area contributed by atoms with Crippen LogP contribution in [0.4, 0.5) is 0 Å². The normalized spacial score (nSPS) is 10.2. The van der Waals surface area contributed by atoms with E-state index in [0.29, 0.717) is 6.61 Å². The first kappa shape index (κ1) is 14.0. The maximum Gasteiger partial charge on any atom is 0.320 e. The van der Waals surface area contributed by atoms with Crippen LogP contribution in [-0.2, 0) is 16.0 Å². The predicted molar refractivity (Wildman–Crippen MR) is 70.3 cm³/mol. The second-order valence-electron chi connectivity index (χ2n) is 4.00. The lowest BCUT2D eigenvalue weighted by molar-refractivity contribution is -0.140. The van der Waals surface area contributed by atoms with Crippen LogP contribution in [0.15, 0.2) is 30.3 Å². The summed E-state index contributed by atoms with van der Waals surface area (Å²) in [6, 6.07) is 10.5. The van der Waals surface area contributed by atoms with E-state index in [2.05, 4.69) is 24.3 Å². The zero-order valence-electron chi connectivity index (χ0n) is 10.0. The highest BCUT2D eigenvalue weighted by atomic mass is 35.5. The molecule has 0 aromatic heterocycles. The Kier molecular flexibility index (Phi) is 7.48. The van der Waals surface area contributed by atoms with Crippen LogP contribution in [0, 0.1) is 0 Å². The fraction of sp³-hybridized carbons (Fsp3) is 0.500. The number of carbonyl (C=O) groups is 1. The van der Waals surface area contributed by atoms with E-state index >= 15 is 0 Å². The van der Waals surface area contributed by atoms with E-state index in [0.717, 1.165) is 19.3 Å². The Balaban J connectivity index is 1.93. The van der Waals surface area contributed by atoms with Crippen LogP contribution in [0.3, 0.4) is 0 Å². The van der Waals surface area contributed by atoms with E-state index in [1.807, 2.05) is 6.07 Å². The molecular formula is C14H19ClO2. The van der Waals surface area contributed by atoms with Crippen LogP contribution in [0.5, 0.6) is 0 Å². The molecule has 0 saturated heterocycles. The number of aryl methyl sites for hydroxylation is 1. The Morgan fingerprint density at radius 2 is 1.76 bits per heavy atom. The molecule has 1 aromatic carbocycles. The van der Waals surface area contributed by atoms with Gasteiger partial charge in [-0.3, -0.25) is 4.79 Å². The molecule has 0 N–H and O–H groups in total. The number of unbranched alkanes of at least 4 members (excludes halogenated alkanes) is 3.